The summed E-state index contributed by atoms with van der Waals surface area (Å²) < 4.78 is 5.92. The smallest absolute Gasteiger partial charge is 0.327 e. The number of likely N-dealkylation sites (N-methyl/N-ethyl adjacent to an activating group) is 1. The monoisotopic (exact) mass is 435 g/mol. The Labute approximate surface area is 188 Å². The third kappa shape index (κ3) is 3.49. The molecule has 5 rings (SSSR count). The summed E-state index contributed by atoms with van der Waals surface area (Å²) in [5, 5.41) is 3.55. The second kappa shape index (κ2) is 8.44. The van der Waals surface area contributed by atoms with Crippen molar-refractivity contribution in [3.05, 3.63) is 54.6 Å². The van der Waals surface area contributed by atoms with Crippen LogP contribution >= 0.6 is 0 Å². The molecule has 3 fully saturated rings. The lowest BCUT2D eigenvalue weighted by atomic mass is 10.1. The molecular weight excluding hydrogens is 406 g/mol. The molecule has 0 spiro atoms. The van der Waals surface area contributed by atoms with Crippen molar-refractivity contribution < 1.29 is 14.3 Å². The van der Waals surface area contributed by atoms with Crippen molar-refractivity contribution in [2.24, 2.45) is 0 Å². The Kier molecular flexibility index (Phi) is 5.48. The van der Waals surface area contributed by atoms with Crippen molar-refractivity contribution in [1.82, 2.24) is 20.0 Å². The van der Waals surface area contributed by atoms with Crippen molar-refractivity contribution in [1.29, 1.82) is 0 Å². The highest BCUT2D eigenvalue weighted by atomic mass is 16.5. The maximum atomic E-state index is 13.2. The van der Waals surface area contributed by atoms with E-state index in [1.54, 1.807) is 11.9 Å². The summed E-state index contributed by atoms with van der Waals surface area (Å²) in [6.45, 7) is 4.13. The van der Waals surface area contributed by atoms with Crippen LogP contribution in [0.4, 0.5) is 10.5 Å². The number of anilines is 1. The van der Waals surface area contributed by atoms with Crippen LogP contribution in [-0.2, 0) is 4.79 Å². The van der Waals surface area contributed by atoms with Gasteiger partial charge in [0.2, 0.25) is 0 Å². The summed E-state index contributed by atoms with van der Waals surface area (Å²) in [6.07, 6.45) is 1.24. The summed E-state index contributed by atoms with van der Waals surface area (Å²) in [5.74, 6) is 1.48. The Morgan fingerprint density at radius 3 is 2.44 bits per heavy atom. The fourth-order valence-corrected chi connectivity index (χ4v) is 4.94. The summed E-state index contributed by atoms with van der Waals surface area (Å²) in [7, 11) is 1.78. The lowest BCUT2D eigenvalue weighted by Crippen LogP contribution is -2.66. The van der Waals surface area contributed by atoms with Gasteiger partial charge in [0.1, 0.15) is 30.0 Å². The van der Waals surface area contributed by atoms with Crippen molar-refractivity contribution in [3.63, 3.8) is 0 Å². The highest BCUT2D eigenvalue weighted by Crippen LogP contribution is 2.34. The molecule has 3 aliphatic heterocycles. The van der Waals surface area contributed by atoms with Crippen LogP contribution in [0.1, 0.15) is 19.8 Å². The zero-order valence-electron chi connectivity index (χ0n) is 18.5. The molecular formula is C24H29N5O3. The number of amides is 3. The number of hydrogen-bond donors (Lipinski definition) is 1. The Morgan fingerprint density at radius 2 is 1.72 bits per heavy atom. The third-order valence-electron chi connectivity index (χ3n) is 6.46. The minimum atomic E-state index is -0.363. The molecule has 0 radical (unpaired) electrons. The van der Waals surface area contributed by atoms with Gasteiger partial charge in [0.25, 0.3) is 5.91 Å². The number of benzene rings is 2. The number of ether oxygens (including phenoxy) is 1. The molecule has 3 heterocycles. The van der Waals surface area contributed by atoms with Crippen LogP contribution in [-0.4, -0.2) is 71.8 Å². The third-order valence-corrected chi connectivity index (χ3v) is 6.46. The largest absolute Gasteiger partial charge is 0.457 e. The van der Waals surface area contributed by atoms with E-state index < -0.39 is 0 Å². The molecule has 3 saturated heterocycles. The Balaban J connectivity index is 1.36. The molecule has 8 heteroatoms. The average molecular weight is 436 g/mol. The number of rotatable bonds is 5. The molecule has 3 amide bonds. The van der Waals surface area contributed by atoms with E-state index in [4.69, 9.17) is 4.74 Å². The first-order valence-electron chi connectivity index (χ1n) is 11.3. The standard InChI is InChI=1S/C24H29N5O3/c1-3-14-29-22(30)20-21(26(2)24(29)31)25-23-27(15-7-16-28(20)23)17-10-12-19(13-11-17)32-18-8-5-4-6-9-18/h4-6,8-13,20-21,23,25H,3,7,14-16H2,1-2H3. The SMILES string of the molecule is CCCN1C(=O)C2C(NC3N(c4ccc(Oc5ccccc5)cc4)CCCN23)N(C)C1=O. The molecule has 0 saturated carbocycles. The molecule has 32 heavy (non-hydrogen) atoms. The first-order valence-corrected chi connectivity index (χ1v) is 11.3. The average Bonchev–Trinajstić information content (AvgIpc) is 3.22. The normalized spacial score (nSPS) is 25.7. The van der Waals surface area contributed by atoms with Crippen molar-refractivity contribution in [3.8, 4) is 11.5 Å². The van der Waals surface area contributed by atoms with Gasteiger partial charge in [0, 0.05) is 32.4 Å². The topological polar surface area (TPSA) is 68.4 Å². The van der Waals surface area contributed by atoms with E-state index in [0.717, 1.165) is 43.1 Å². The van der Waals surface area contributed by atoms with Gasteiger partial charge < -0.3 is 14.5 Å². The Bertz CT molecular complexity index is 983. The van der Waals surface area contributed by atoms with E-state index in [1.165, 1.54) is 4.90 Å². The zero-order valence-corrected chi connectivity index (χ0v) is 18.5. The quantitative estimate of drug-likeness (QED) is 0.779. The van der Waals surface area contributed by atoms with Crippen molar-refractivity contribution in [2.75, 3.05) is 31.6 Å². The minimum Gasteiger partial charge on any atom is -0.457 e. The van der Waals surface area contributed by atoms with Crippen LogP contribution in [0.25, 0.3) is 0 Å². The van der Waals surface area contributed by atoms with Crippen LogP contribution < -0.4 is 15.0 Å². The summed E-state index contributed by atoms with van der Waals surface area (Å²) in [4.78, 5) is 33.5. The van der Waals surface area contributed by atoms with Gasteiger partial charge in [0.05, 0.1) is 0 Å². The van der Waals surface area contributed by atoms with E-state index >= 15 is 0 Å². The number of nitrogens with zero attached hydrogens (tertiary/aromatic N) is 4. The summed E-state index contributed by atoms with van der Waals surface area (Å²) in [5.41, 5.74) is 1.05. The van der Waals surface area contributed by atoms with E-state index in [9.17, 15) is 9.59 Å². The number of carbonyl (C=O) groups is 2. The van der Waals surface area contributed by atoms with Gasteiger partial charge in [-0.2, -0.15) is 0 Å². The van der Waals surface area contributed by atoms with Crippen LogP contribution in [0.2, 0.25) is 0 Å². The van der Waals surface area contributed by atoms with Gasteiger partial charge in [-0.05, 0) is 49.2 Å². The molecule has 0 bridgehead atoms. The number of para-hydroxylation sites is 1. The second-order valence-electron chi connectivity index (χ2n) is 8.51. The van der Waals surface area contributed by atoms with Gasteiger partial charge >= 0.3 is 6.03 Å². The number of carbonyl (C=O) groups excluding carboxylic acids is 2. The summed E-state index contributed by atoms with van der Waals surface area (Å²) >= 11 is 0. The van der Waals surface area contributed by atoms with Crippen molar-refractivity contribution >= 4 is 17.6 Å². The fourth-order valence-electron chi connectivity index (χ4n) is 4.94. The Hall–Kier alpha value is -3.10. The molecule has 3 atom stereocenters. The molecule has 2 aromatic rings. The van der Waals surface area contributed by atoms with Gasteiger partial charge in [-0.25, -0.2) is 4.79 Å². The van der Waals surface area contributed by atoms with Gasteiger partial charge in [-0.3, -0.25) is 19.9 Å². The molecule has 2 aromatic carbocycles. The number of urea groups is 1. The van der Waals surface area contributed by atoms with Gasteiger partial charge in [-0.15, -0.1) is 0 Å². The van der Waals surface area contributed by atoms with Gasteiger partial charge in [0.15, 0.2) is 0 Å². The fraction of sp³-hybridized carbons (Fsp3) is 0.417. The number of imide groups is 1. The lowest BCUT2D eigenvalue weighted by molar-refractivity contribution is -0.138. The van der Waals surface area contributed by atoms with E-state index in [-0.39, 0.29) is 30.4 Å². The van der Waals surface area contributed by atoms with Crippen LogP contribution in [0.15, 0.2) is 54.6 Å². The minimum absolute atomic E-state index is 0.0941. The summed E-state index contributed by atoms with van der Waals surface area (Å²) in [6, 6.07) is 17.1. The van der Waals surface area contributed by atoms with Crippen LogP contribution in [0.5, 0.6) is 11.5 Å². The van der Waals surface area contributed by atoms with E-state index in [2.05, 4.69) is 15.1 Å². The predicted octanol–water partition coefficient (Wildman–Crippen LogP) is 2.88. The molecule has 3 unspecified atom stereocenters. The van der Waals surface area contributed by atoms with Crippen LogP contribution in [0.3, 0.4) is 0 Å². The Morgan fingerprint density at radius 1 is 1.00 bits per heavy atom. The molecule has 8 nitrogen and oxygen atoms in total. The maximum Gasteiger partial charge on any atom is 0.327 e. The van der Waals surface area contributed by atoms with Gasteiger partial charge in [-0.1, -0.05) is 25.1 Å². The maximum absolute atomic E-state index is 13.2. The lowest BCUT2D eigenvalue weighted by Gasteiger charge is -2.43. The molecule has 0 aliphatic carbocycles. The van der Waals surface area contributed by atoms with Crippen LogP contribution in [0, 0.1) is 0 Å². The highest BCUT2D eigenvalue weighted by Gasteiger charge is 2.55. The first kappa shape index (κ1) is 20.8. The molecule has 1 N–H and O–H groups in total. The van der Waals surface area contributed by atoms with E-state index in [0.29, 0.717) is 6.54 Å². The number of nitrogens with one attached hydrogen (secondary N) is 1. The molecule has 168 valence electrons. The highest BCUT2D eigenvalue weighted by molar-refractivity contribution is 6.00. The molecule has 3 aliphatic rings. The number of hydrogen-bond acceptors (Lipinski definition) is 6. The molecule has 0 aromatic heterocycles. The zero-order chi connectivity index (χ0) is 22.2. The van der Waals surface area contributed by atoms with E-state index in [1.807, 2.05) is 61.5 Å². The predicted molar refractivity (Wildman–Crippen MR) is 121 cm³/mol. The first-order chi connectivity index (χ1) is 15.6. The number of fused-ring (bicyclic) bond motifs is 3. The second-order valence-corrected chi connectivity index (χ2v) is 8.51. The van der Waals surface area contributed by atoms with Crippen molar-refractivity contribution in [2.45, 2.75) is 38.3 Å².